The van der Waals surface area contributed by atoms with Gasteiger partial charge in [0.05, 0.1) is 4.90 Å². The highest BCUT2D eigenvalue weighted by molar-refractivity contribution is 7.89. The number of rotatable bonds is 5. The van der Waals surface area contributed by atoms with Crippen LogP contribution >= 0.6 is 0 Å². The lowest BCUT2D eigenvalue weighted by Crippen LogP contribution is -2.42. The van der Waals surface area contributed by atoms with Crippen LogP contribution in [0, 0.1) is 0 Å². The maximum absolute atomic E-state index is 11.1. The molecule has 1 aliphatic rings. The van der Waals surface area contributed by atoms with Crippen LogP contribution in [0.15, 0.2) is 34.2 Å². The molecule has 0 amide bonds. The van der Waals surface area contributed by atoms with Gasteiger partial charge >= 0.3 is 0 Å². The maximum Gasteiger partial charge on any atom is 0.238 e. The Labute approximate surface area is 118 Å². The number of sulfonamides is 1. The number of nitrogens with zero attached hydrogens (tertiary/aromatic N) is 1. The highest BCUT2D eigenvalue weighted by Gasteiger charge is 2.21. The van der Waals surface area contributed by atoms with Crippen molar-refractivity contribution >= 4 is 16.0 Å². The summed E-state index contributed by atoms with van der Waals surface area (Å²) in [6.45, 7) is 0.563. The smallest absolute Gasteiger partial charge is 0.238 e. The molecule has 0 aliphatic heterocycles. The number of hydrazine groups is 1. The summed E-state index contributed by atoms with van der Waals surface area (Å²) in [6, 6.07) is 6.95. The third-order valence-electron chi connectivity index (χ3n) is 2.98. The van der Waals surface area contributed by atoms with Crippen molar-refractivity contribution < 1.29 is 8.42 Å². The van der Waals surface area contributed by atoms with Gasteiger partial charge in [0.15, 0.2) is 0 Å². The topological polar surface area (TPSA) is 123 Å². The van der Waals surface area contributed by atoms with E-state index in [1.165, 1.54) is 12.1 Å². The van der Waals surface area contributed by atoms with Crippen molar-refractivity contribution in [3.63, 3.8) is 0 Å². The Morgan fingerprint density at radius 3 is 2.45 bits per heavy atom. The van der Waals surface area contributed by atoms with E-state index < -0.39 is 10.0 Å². The molecule has 0 bridgehead atoms. The minimum atomic E-state index is -3.63. The summed E-state index contributed by atoms with van der Waals surface area (Å²) in [6.07, 6.45) is 2.99. The molecule has 7 nitrogen and oxygen atoms in total. The number of hydrogen-bond acceptors (Lipinski definition) is 4. The standard InChI is InChI=1S/C12H19N5O2S/c13-17-12(16-10-3-4-10)15-8-7-9-1-5-11(6-2-9)20(14,18)19/h1-2,5-6,10H,3-4,7-8,13H2,(H2,14,18,19)(H2,15,16,17). The molecule has 1 aromatic carbocycles. The van der Waals surface area contributed by atoms with Gasteiger partial charge in [0.1, 0.15) is 0 Å². The fraction of sp³-hybridized carbons (Fsp3) is 0.417. The first-order chi connectivity index (χ1) is 9.49. The number of hydrogen-bond donors (Lipinski definition) is 4. The summed E-state index contributed by atoms with van der Waals surface area (Å²) in [7, 11) is -3.63. The summed E-state index contributed by atoms with van der Waals surface area (Å²) in [5.74, 6) is 5.96. The van der Waals surface area contributed by atoms with E-state index in [-0.39, 0.29) is 4.90 Å². The number of nitrogens with two attached hydrogens (primary N) is 2. The van der Waals surface area contributed by atoms with Crippen LogP contribution in [0.1, 0.15) is 18.4 Å². The normalized spacial score (nSPS) is 16.0. The lowest BCUT2D eigenvalue weighted by molar-refractivity contribution is 0.598. The highest BCUT2D eigenvalue weighted by Crippen LogP contribution is 2.18. The highest BCUT2D eigenvalue weighted by atomic mass is 32.2. The second kappa shape index (κ2) is 6.21. The van der Waals surface area contributed by atoms with Crippen LogP contribution in [-0.4, -0.2) is 27.0 Å². The predicted octanol–water partition coefficient (Wildman–Crippen LogP) is -0.552. The Kier molecular flexibility index (Phi) is 4.58. The minimum Gasteiger partial charge on any atom is -0.353 e. The van der Waals surface area contributed by atoms with Crippen molar-refractivity contribution in [3.05, 3.63) is 29.8 Å². The zero-order valence-corrected chi connectivity index (χ0v) is 11.9. The fourth-order valence-corrected chi connectivity index (χ4v) is 2.21. The first-order valence-corrected chi connectivity index (χ1v) is 7.93. The van der Waals surface area contributed by atoms with Crippen LogP contribution in [0.2, 0.25) is 0 Å². The molecule has 1 aliphatic carbocycles. The van der Waals surface area contributed by atoms with Crippen LogP contribution in [0.25, 0.3) is 0 Å². The van der Waals surface area contributed by atoms with E-state index in [0.29, 0.717) is 25.0 Å². The molecule has 0 heterocycles. The van der Waals surface area contributed by atoms with Gasteiger partial charge in [-0.25, -0.2) is 19.4 Å². The third-order valence-corrected chi connectivity index (χ3v) is 3.91. The molecule has 0 spiro atoms. The van der Waals surface area contributed by atoms with Crippen molar-refractivity contribution in [2.24, 2.45) is 16.0 Å². The molecule has 2 rings (SSSR count). The molecule has 20 heavy (non-hydrogen) atoms. The van der Waals surface area contributed by atoms with E-state index in [4.69, 9.17) is 11.0 Å². The molecule has 1 saturated carbocycles. The van der Waals surface area contributed by atoms with Crippen LogP contribution in [0.5, 0.6) is 0 Å². The summed E-state index contributed by atoms with van der Waals surface area (Å²) < 4.78 is 22.2. The maximum atomic E-state index is 11.1. The molecule has 0 atom stereocenters. The van der Waals surface area contributed by atoms with Gasteiger partial charge < -0.3 is 5.32 Å². The van der Waals surface area contributed by atoms with E-state index in [0.717, 1.165) is 18.4 Å². The molecule has 0 saturated heterocycles. The second-order valence-electron chi connectivity index (χ2n) is 4.73. The van der Waals surface area contributed by atoms with Gasteiger partial charge in [-0.2, -0.15) is 0 Å². The Morgan fingerprint density at radius 2 is 1.95 bits per heavy atom. The molecule has 0 aromatic heterocycles. The van der Waals surface area contributed by atoms with Crippen molar-refractivity contribution in [2.45, 2.75) is 30.2 Å². The summed E-state index contributed by atoms with van der Waals surface area (Å²) in [5.41, 5.74) is 3.52. The average molecular weight is 297 g/mol. The Bertz CT molecular complexity index is 578. The molecule has 0 radical (unpaired) electrons. The number of benzene rings is 1. The van der Waals surface area contributed by atoms with E-state index in [1.54, 1.807) is 12.1 Å². The summed E-state index contributed by atoms with van der Waals surface area (Å²) in [5, 5.41) is 8.21. The lowest BCUT2D eigenvalue weighted by atomic mass is 10.1. The molecule has 110 valence electrons. The number of guanidine groups is 1. The van der Waals surface area contributed by atoms with Gasteiger partial charge in [-0.15, -0.1) is 0 Å². The molecular formula is C12H19N5O2S. The number of nitrogens with one attached hydrogen (secondary N) is 2. The van der Waals surface area contributed by atoms with Gasteiger partial charge in [0, 0.05) is 12.6 Å². The Hall–Kier alpha value is -1.64. The third kappa shape index (κ3) is 4.48. The van der Waals surface area contributed by atoms with Crippen LogP contribution in [0.4, 0.5) is 0 Å². The number of primary sulfonamides is 1. The number of aliphatic imine (C=N–C) groups is 1. The zero-order chi connectivity index (χ0) is 14.6. The second-order valence-corrected chi connectivity index (χ2v) is 6.29. The van der Waals surface area contributed by atoms with E-state index in [2.05, 4.69) is 15.7 Å². The monoisotopic (exact) mass is 297 g/mol. The van der Waals surface area contributed by atoms with Crippen LogP contribution < -0.4 is 21.7 Å². The van der Waals surface area contributed by atoms with Gasteiger partial charge in [0.25, 0.3) is 0 Å². The minimum absolute atomic E-state index is 0.115. The van der Waals surface area contributed by atoms with Crippen molar-refractivity contribution in [2.75, 3.05) is 6.54 Å². The average Bonchev–Trinajstić information content (AvgIpc) is 3.21. The largest absolute Gasteiger partial charge is 0.353 e. The summed E-state index contributed by atoms with van der Waals surface area (Å²) in [4.78, 5) is 4.43. The van der Waals surface area contributed by atoms with Crippen molar-refractivity contribution in [1.82, 2.24) is 10.7 Å². The molecular weight excluding hydrogens is 278 g/mol. The SMILES string of the molecule is NNC(=NCCc1ccc(S(N)(=O)=O)cc1)NC1CC1. The zero-order valence-electron chi connectivity index (χ0n) is 11.0. The quantitative estimate of drug-likeness (QED) is 0.251. The van der Waals surface area contributed by atoms with Gasteiger partial charge in [-0.3, -0.25) is 10.4 Å². The first kappa shape index (κ1) is 14.8. The van der Waals surface area contributed by atoms with Gasteiger partial charge in [-0.1, -0.05) is 12.1 Å². The van der Waals surface area contributed by atoms with E-state index in [9.17, 15) is 8.42 Å². The van der Waals surface area contributed by atoms with Crippen molar-refractivity contribution in [3.8, 4) is 0 Å². The molecule has 8 heteroatoms. The Morgan fingerprint density at radius 1 is 1.30 bits per heavy atom. The Balaban J connectivity index is 1.88. The summed E-state index contributed by atoms with van der Waals surface area (Å²) >= 11 is 0. The molecule has 0 unspecified atom stereocenters. The van der Waals surface area contributed by atoms with Crippen LogP contribution in [0.3, 0.4) is 0 Å². The lowest BCUT2D eigenvalue weighted by Gasteiger charge is -2.07. The predicted molar refractivity (Wildman–Crippen MR) is 77.3 cm³/mol. The molecule has 1 fully saturated rings. The fourth-order valence-electron chi connectivity index (χ4n) is 1.70. The van der Waals surface area contributed by atoms with E-state index >= 15 is 0 Å². The van der Waals surface area contributed by atoms with Crippen molar-refractivity contribution in [1.29, 1.82) is 0 Å². The molecule has 6 N–H and O–H groups in total. The first-order valence-electron chi connectivity index (χ1n) is 6.38. The van der Waals surface area contributed by atoms with Gasteiger partial charge in [-0.05, 0) is 37.0 Å². The van der Waals surface area contributed by atoms with Gasteiger partial charge in [0.2, 0.25) is 16.0 Å². The van der Waals surface area contributed by atoms with E-state index in [1.807, 2.05) is 0 Å². The van der Waals surface area contributed by atoms with Crippen LogP contribution in [-0.2, 0) is 16.4 Å². The molecule has 1 aromatic rings.